The van der Waals surface area contributed by atoms with Crippen LogP contribution >= 0.6 is 11.3 Å². The zero-order valence-corrected chi connectivity index (χ0v) is 16.7. The van der Waals surface area contributed by atoms with Crippen molar-refractivity contribution in [1.82, 2.24) is 9.88 Å². The first-order chi connectivity index (χ1) is 12.7. The SMILES string of the molecule is CN(CC(=O)OC(C)(C)C)C(=O)c1cc(-c2cccs2)nc2ccccc12. The predicted molar refractivity (Wildman–Crippen MR) is 108 cm³/mol. The fraction of sp³-hybridized carbons (Fsp3) is 0.286. The molecule has 2 heterocycles. The van der Waals surface area contributed by atoms with Crippen LogP contribution in [0.3, 0.4) is 0 Å². The van der Waals surface area contributed by atoms with Crippen LogP contribution in [0.2, 0.25) is 0 Å². The van der Waals surface area contributed by atoms with Crippen LogP contribution in [0.5, 0.6) is 0 Å². The third kappa shape index (κ3) is 4.52. The molecule has 0 radical (unpaired) electrons. The third-order valence-electron chi connectivity index (χ3n) is 3.85. The van der Waals surface area contributed by atoms with Crippen molar-refractivity contribution in [2.45, 2.75) is 26.4 Å². The van der Waals surface area contributed by atoms with Crippen molar-refractivity contribution in [2.24, 2.45) is 0 Å². The molecule has 3 aromatic rings. The number of ether oxygens (including phenoxy) is 1. The number of carbonyl (C=O) groups excluding carboxylic acids is 2. The van der Waals surface area contributed by atoms with Crippen molar-refractivity contribution in [1.29, 1.82) is 0 Å². The fourth-order valence-corrected chi connectivity index (χ4v) is 3.43. The number of likely N-dealkylation sites (N-methyl/N-ethyl adjacent to an activating group) is 1. The second-order valence-electron chi connectivity index (χ2n) is 7.30. The largest absolute Gasteiger partial charge is 0.459 e. The van der Waals surface area contributed by atoms with Gasteiger partial charge in [0.05, 0.1) is 21.7 Å². The molecule has 0 atom stereocenters. The predicted octanol–water partition coefficient (Wildman–Crippen LogP) is 4.38. The lowest BCUT2D eigenvalue weighted by Gasteiger charge is -2.23. The maximum absolute atomic E-state index is 13.1. The fourth-order valence-electron chi connectivity index (χ4n) is 2.75. The lowest BCUT2D eigenvalue weighted by atomic mass is 10.1. The van der Waals surface area contributed by atoms with E-state index in [0.29, 0.717) is 5.56 Å². The number of aromatic nitrogens is 1. The van der Waals surface area contributed by atoms with Crippen LogP contribution in [-0.4, -0.2) is 41.0 Å². The van der Waals surface area contributed by atoms with Gasteiger partial charge in [0.15, 0.2) is 0 Å². The standard InChI is InChI=1S/C21H22N2O3S/c1-21(2,3)26-19(24)13-23(4)20(25)15-12-17(18-10-7-11-27-18)22-16-9-6-5-8-14(15)16/h5-12H,13H2,1-4H3. The van der Waals surface area contributed by atoms with E-state index in [4.69, 9.17) is 4.74 Å². The van der Waals surface area contributed by atoms with Crippen molar-refractivity contribution in [3.05, 3.63) is 53.4 Å². The zero-order valence-electron chi connectivity index (χ0n) is 15.9. The average molecular weight is 382 g/mol. The molecule has 0 spiro atoms. The minimum Gasteiger partial charge on any atom is -0.459 e. The molecule has 140 valence electrons. The van der Waals surface area contributed by atoms with E-state index in [0.717, 1.165) is 21.5 Å². The number of nitrogens with zero attached hydrogens (tertiary/aromatic N) is 2. The molecule has 6 heteroatoms. The quantitative estimate of drug-likeness (QED) is 0.629. The number of carbonyl (C=O) groups is 2. The molecule has 1 amide bonds. The number of benzene rings is 1. The van der Waals surface area contributed by atoms with Gasteiger partial charge < -0.3 is 9.64 Å². The van der Waals surface area contributed by atoms with Gasteiger partial charge in [-0.15, -0.1) is 11.3 Å². The van der Waals surface area contributed by atoms with E-state index in [-0.39, 0.29) is 12.5 Å². The summed E-state index contributed by atoms with van der Waals surface area (Å²) in [5, 5.41) is 2.74. The molecule has 0 aliphatic rings. The van der Waals surface area contributed by atoms with Gasteiger partial charge in [0.25, 0.3) is 5.91 Å². The Balaban J connectivity index is 1.95. The minimum atomic E-state index is -0.587. The highest BCUT2D eigenvalue weighted by Gasteiger charge is 2.22. The summed E-state index contributed by atoms with van der Waals surface area (Å²) < 4.78 is 5.32. The molecule has 0 fully saturated rings. The van der Waals surface area contributed by atoms with Crippen LogP contribution in [0.25, 0.3) is 21.5 Å². The van der Waals surface area contributed by atoms with E-state index in [9.17, 15) is 9.59 Å². The molecule has 1 aromatic carbocycles. The van der Waals surface area contributed by atoms with Crippen LogP contribution in [0.4, 0.5) is 0 Å². The number of hydrogen-bond donors (Lipinski definition) is 0. The molecule has 5 nitrogen and oxygen atoms in total. The molecule has 27 heavy (non-hydrogen) atoms. The Kier molecular flexibility index (Phi) is 5.28. The van der Waals surface area contributed by atoms with Gasteiger partial charge in [0, 0.05) is 12.4 Å². The second kappa shape index (κ2) is 7.48. The Morgan fingerprint density at radius 1 is 1.15 bits per heavy atom. The highest BCUT2D eigenvalue weighted by Crippen LogP contribution is 2.28. The Hall–Kier alpha value is -2.73. The van der Waals surface area contributed by atoms with E-state index in [1.54, 1.807) is 45.2 Å². The van der Waals surface area contributed by atoms with E-state index in [1.807, 2.05) is 41.8 Å². The summed E-state index contributed by atoms with van der Waals surface area (Å²) in [5.41, 5.74) is 1.43. The molecule has 0 aliphatic carbocycles. The Morgan fingerprint density at radius 2 is 1.89 bits per heavy atom. The van der Waals surface area contributed by atoms with E-state index >= 15 is 0 Å². The van der Waals surface area contributed by atoms with Gasteiger partial charge in [-0.3, -0.25) is 9.59 Å². The molecule has 0 saturated carbocycles. The van der Waals surface area contributed by atoms with Crippen molar-refractivity contribution >= 4 is 34.1 Å². The molecule has 0 saturated heterocycles. The Bertz CT molecular complexity index is 975. The summed E-state index contributed by atoms with van der Waals surface area (Å²) in [6.45, 7) is 5.30. The van der Waals surface area contributed by atoms with Crippen LogP contribution in [-0.2, 0) is 9.53 Å². The molecular formula is C21H22N2O3S. The van der Waals surface area contributed by atoms with Crippen molar-refractivity contribution in [2.75, 3.05) is 13.6 Å². The van der Waals surface area contributed by atoms with Crippen molar-refractivity contribution < 1.29 is 14.3 Å². The van der Waals surface area contributed by atoms with Crippen LogP contribution in [0, 0.1) is 0 Å². The van der Waals surface area contributed by atoms with Gasteiger partial charge in [0.1, 0.15) is 12.1 Å². The molecule has 2 aromatic heterocycles. The first-order valence-electron chi connectivity index (χ1n) is 8.65. The topological polar surface area (TPSA) is 59.5 Å². The van der Waals surface area contributed by atoms with E-state index in [1.165, 1.54) is 4.90 Å². The maximum atomic E-state index is 13.1. The van der Waals surface area contributed by atoms with Gasteiger partial charge in [-0.05, 0) is 44.4 Å². The summed E-state index contributed by atoms with van der Waals surface area (Å²) in [7, 11) is 1.60. The lowest BCUT2D eigenvalue weighted by molar-refractivity contribution is -0.155. The monoisotopic (exact) mass is 382 g/mol. The number of pyridine rings is 1. The summed E-state index contributed by atoms with van der Waals surface area (Å²) in [6.07, 6.45) is 0. The van der Waals surface area contributed by atoms with Gasteiger partial charge in [-0.1, -0.05) is 24.3 Å². The van der Waals surface area contributed by atoms with Crippen molar-refractivity contribution in [3.8, 4) is 10.6 Å². The number of para-hydroxylation sites is 1. The number of fused-ring (bicyclic) bond motifs is 1. The minimum absolute atomic E-state index is 0.110. The van der Waals surface area contributed by atoms with Gasteiger partial charge in [-0.2, -0.15) is 0 Å². The highest BCUT2D eigenvalue weighted by atomic mass is 32.1. The molecule has 0 unspecified atom stereocenters. The van der Waals surface area contributed by atoms with Crippen LogP contribution in [0.15, 0.2) is 47.8 Å². The van der Waals surface area contributed by atoms with Gasteiger partial charge in [-0.25, -0.2) is 4.98 Å². The van der Waals surface area contributed by atoms with Crippen LogP contribution in [0.1, 0.15) is 31.1 Å². The summed E-state index contributed by atoms with van der Waals surface area (Å²) in [4.78, 5) is 32.2. The molecule has 0 bridgehead atoms. The molecule has 0 aliphatic heterocycles. The second-order valence-corrected chi connectivity index (χ2v) is 8.24. The smallest absolute Gasteiger partial charge is 0.326 e. The number of hydrogen-bond acceptors (Lipinski definition) is 5. The first-order valence-corrected chi connectivity index (χ1v) is 9.53. The molecule has 0 N–H and O–H groups in total. The van der Waals surface area contributed by atoms with Crippen LogP contribution < -0.4 is 0 Å². The maximum Gasteiger partial charge on any atom is 0.326 e. The molecule has 3 rings (SSSR count). The van der Waals surface area contributed by atoms with E-state index < -0.39 is 11.6 Å². The van der Waals surface area contributed by atoms with E-state index in [2.05, 4.69) is 4.98 Å². The number of rotatable bonds is 4. The van der Waals surface area contributed by atoms with Crippen molar-refractivity contribution in [3.63, 3.8) is 0 Å². The Morgan fingerprint density at radius 3 is 2.56 bits per heavy atom. The third-order valence-corrected chi connectivity index (χ3v) is 4.75. The summed E-state index contributed by atoms with van der Waals surface area (Å²) in [6, 6.07) is 13.2. The summed E-state index contributed by atoms with van der Waals surface area (Å²) >= 11 is 1.57. The first kappa shape index (κ1) is 19.0. The molecular weight excluding hydrogens is 360 g/mol. The van der Waals surface area contributed by atoms with Gasteiger partial charge >= 0.3 is 5.97 Å². The Labute approximate surface area is 162 Å². The average Bonchev–Trinajstić information content (AvgIpc) is 3.13. The summed E-state index contributed by atoms with van der Waals surface area (Å²) in [5.74, 6) is -0.674. The number of thiophene rings is 1. The zero-order chi connectivity index (χ0) is 19.6. The number of esters is 1. The van der Waals surface area contributed by atoms with Gasteiger partial charge in [0.2, 0.25) is 0 Å². The number of amides is 1. The lowest BCUT2D eigenvalue weighted by Crippen LogP contribution is -2.36. The highest BCUT2D eigenvalue weighted by molar-refractivity contribution is 7.13. The normalized spacial score (nSPS) is 11.4.